The van der Waals surface area contributed by atoms with Gasteiger partial charge < -0.3 is 14.8 Å². The number of aliphatic imine (C=N–C) groups is 1. The second-order valence-corrected chi connectivity index (χ2v) is 5.53. The lowest BCUT2D eigenvalue weighted by atomic mass is 10.1. The Balaban J connectivity index is 1.90. The molecule has 0 atom stereocenters. The number of dihydropyridines is 1. The maximum absolute atomic E-state index is 13.7. The first-order chi connectivity index (χ1) is 13.0. The summed E-state index contributed by atoms with van der Waals surface area (Å²) in [5.41, 5.74) is 0.0690. The highest BCUT2D eigenvalue weighted by Crippen LogP contribution is 2.34. The largest absolute Gasteiger partial charge is 0.493 e. The van der Waals surface area contributed by atoms with Crippen LogP contribution in [0.25, 0.3) is 0 Å². The third-order valence-electron chi connectivity index (χ3n) is 3.58. The van der Waals surface area contributed by atoms with Crippen molar-refractivity contribution in [2.24, 2.45) is 4.99 Å². The number of hydrogen-bond donors (Lipinski definition) is 1. The summed E-state index contributed by atoms with van der Waals surface area (Å²) in [7, 11) is 1.34. The van der Waals surface area contributed by atoms with Crippen molar-refractivity contribution in [2.45, 2.75) is 0 Å². The summed E-state index contributed by atoms with van der Waals surface area (Å²) in [6.07, 6.45) is 2.57. The van der Waals surface area contributed by atoms with Gasteiger partial charge in [0.1, 0.15) is 23.9 Å². The number of amides is 1. The van der Waals surface area contributed by atoms with Gasteiger partial charge in [-0.1, -0.05) is 0 Å². The Labute approximate surface area is 153 Å². The Morgan fingerprint density at radius 2 is 1.78 bits per heavy atom. The van der Waals surface area contributed by atoms with Crippen LogP contribution in [0.4, 0.5) is 8.78 Å². The summed E-state index contributed by atoms with van der Waals surface area (Å²) in [5.74, 6) is -1.85. The van der Waals surface area contributed by atoms with E-state index in [-0.39, 0.29) is 40.8 Å². The molecular formula is C19H14F2N2O4. The van der Waals surface area contributed by atoms with Crippen molar-refractivity contribution < 1.29 is 27.8 Å². The number of ketones is 1. The van der Waals surface area contributed by atoms with Gasteiger partial charge in [-0.3, -0.25) is 14.6 Å². The molecular weight excluding hydrogens is 358 g/mol. The molecule has 0 fully saturated rings. The van der Waals surface area contributed by atoms with Crippen molar-refractivity contribution in [3.63, 3.8) is 0 Å². The van der Waals surface area contributed by atoms with Gasteiger partial charge in [0.2, 0.25) is 0 Å². The standard InChI is InChI=1S/C19H14F2N2O4/c1-26-18-7-12(21)3-5-17(18)27-16-4-2-11(20)6-15(16)19(25)23-13-8-14(24)10-22-9-13/h2-9H,10H2,1H3,(H,23,25). The van der Waals surface area contributed by atoms with E-state index in [9.17, 15) is 18.4 Å². The lowest BCUT2D eigenvalue weighted by Gasteiger charge is -2.14. The third kappa shape index (κ3) is 4.35. The maximum Gasteiger partial charge on any atom is 0.259 e. The smallest absolute Gasteiger partial charge is 0.259 e. The summed E-state index contributed by atoms with van der Waals surface area (Å²) in [5, 5.41) is 2.47. The van der Waals surface area contributed by atoms with E-state index >= 15 is 0 Å². The second kappa shape index (κ2) is 7.77. The molecule has 6 nitrogen and oxygen atoms in total. The number of allylic oxidation sites excluding steroid dienone is 1. The quantitative estimate of drug-likeness (QED) is 0.875. The molecule has 2 aromatic carbocycles. The van der Waals surface area contributed by atoms with Gasteiger partial charge in [0.15, 0.2) is 17.3 Å². The number of ether oxygens (including phenoxy) is 2. The maximum atomic E-state index is 13.7. The summed E-state index contributed by atoms with van der Waals surface area (Å²) in [4.78, 5) is 27.7. The first-order valence-corrected chi connectivity index (χ1v) is 7.83. The number of nitrogens with one attached hydrogen (secondary N) is 1. The van der Waals surface area contributed by atoms with E-state index in [0.717, 1.165) is 24.3 Å². The fraction of sp³-hybridized carbons (Fsp3) is 0.105. The average molecular weight is 372 g/mol. The number of rotatable bonds is 5. The lowest BCUT2D eigenvalue weighted by Crippen LogP contribution is -2.26. The molecule has 0 saturated heterocycles. The van der Waals surface area contributed by atoms with Gasteiger partial charge in [-0.05, 0) is 30.3 Å². The average Bonchev–Trinajstić information content (AvgIpc) is 2.64. The topological polar surface area (TPSA) is 77.0 Å². The van der Waals surface area contributed by atoms with Gasteiger partial charge >= 0.3 is 0 Å². The van der Waals surface area contributed by atoms with Crippen LogP contribution in [0.1, 0.15) is 10.4 Å². The molecule has 0 radical (unpaired) electrons. The number of methoxy groups -OCH3 is 1. The van der Waals surface area contributed by atoms with Crippen LogP contribution in [-0.4, -0.2) is 31.6 Å². The Bertz CT molecular complexity index is 970. The Morgan fingerprint density at radius 1 is 1.07 bits per heavy atom. The van der Waals surface area contributed by atoms with Crippen LogP contribution in [0.3, 0.4) is 0 Å². The minimum atomic E-state index is -0.696. The fourth-order valence-corrected chi connectivity index (χ4v) is 2.37. The molecule has 0 spiro atoms. The van der Waals surface area contributed by atoms with Gasteiger partial charge in [-0.15, -0.1) is 0 Å². The highest BCUT2D eigenvalue weighted by Gasteiger charge is 2.18. The molecule has 0 saturated carbocycles. The molecule has 1 aliphatic rings. The molecule has 3 rings (SSSR count). The molecule has 8 heteroatoms. The van der Waals surface area contributed by atoms with Gasteiger partial charge in [0.25, 0.3) is 5.91 Å². The van der Waals surface area contributed by atoms with Crippen molar-refractivity contribution in [1.29, 1.82) is 0 Å². The molecule has 138 valence electrons. The van der Waals surface area contributed by atoms with Crippen LogP contribution < -0.4 is 14.8 Å². The first kappa shape index (κ1) is 18.2. The van der Waals surface area contributed by atoms with E-state index < -0.39 is 17.5 Å². The highest BCUT2D eigenvalue weighted by atomic mass is 19.1. The van der Waals surface area contributed by atoms with Crippen LogP contribution in [0.5, 0.6) is 17.2 Å². The highest BCUT2D eigenvalue weighted by molar-refractivity contribution is 6.06. The zero-order chi connectivity index (χ0) is 19.4. The Morgan fingerprint density at radius 3 is 2.48 bits per heavy atom. The predicted octanol–water partition coefficient (Wildman–Crippen LogP) is 3.03. The molecule has 0 unspecified atom stereocenters. The van der Waals surface area contributed by atoms with E-state index in [1.165, 1.54) is 31.5 Å². The van der Waals surface area contributed by atoms with Crippen molar-refractivity contribution in [1.82, 2.24) is 5.32 Å². The second-order valence-electron chi connectivity index (χ2n) is 5.53. The van der Waals surface area contributed by atoms with Crippen LogP contribution in [0, 0.1) is 11.6 Å². The van der Waals surface area contributed by atoms with Crippen molar-refractivity contribution in [2.75, 3.05) is 13.7 Å². The van der Waals surface area contributed by atoms with Crippen LogP contribution in [-0.2, 0) is 4.79 Å². The molecule has 0 aliphatic carbocycles. The first-order valence-electron chi connectivity index (χ1n) is 7.83. The van der Waals surface area contributed by atoms with Crippen molar-refractivity contribution in [3.05, 3.63) is 65.4 Å². The number of carbonyl (C=O) groups is 2. The molecule has 2 aromatic rings. The van der Waals surface area contributed by atoms with E-state index in [2.05, 4.69) is 10.3 Å². The molecule has 27 heavy (non-hydrogen) atoms. The zero-order valence-electron chi connectivity index (χ0n) is 14.2. The summed E-state index contributed by atoms with van der Waals surface area (Å²) < 4.78 is 37.7. The van der Waals surface area contributed by atoms with E-state index in [0.29, 0.717) is 0 Å². The van der Waals surface area contributed by atoms with Crippen LogP contribution in [0.15, 0.2) is 53.2 Å². The predicted molar refractivity (Wildman–Crippen MR) is 93.3 cm³/mol. The van der Waals surface area contributed by atoms with Crippen LogP contribution >= 0.6 is 0 Å². The zero-order valence-corrected chi connectivity index (χ0v) is 14.2. The Hall–Kier alpha value is -3.55. The molecule has 1 heterocycles. The van der Waals surface area contributed by atoms with Crippen LogP contribution in [0.2, 0.25) is 0 Å². The molecule has 1 amide bonds. The van der Waals surface area contributed by atoms with Gasteiger partial charge in [-0.25, -0.2) is 8.78 Å². The minimum Gasteiger partial charge on any atom is -0.493 e. The SMILES string of the molecule is COc1cc(F)ccc1Oc1ccc(F)cc1C(=O)NC1=CC(=O)CN=C1. The van der Waals surface area contributed by atoms with Crippen molar-refractivity contribution >= 4 is 17.9 Å². The summed E-state index contributed by atoms with van der Waals surface area (Å²) >= 11 is 0. The van der Waals surface area contributed by atoms with E-state index in [1.807, 2.05) is 0 Å². The van der Waals surface area contributed by atoms with E-state index in [4.69, 9.17) is 9.47 Å². The van der Waals surface area contributed by atoms with Gasteiger partial charge in [0.05, 0.1) is 18.4 Å². The number of carbonyl (C=O) groups excluding carboxylic acids is 2. The normalized spacial score (nSPS) is 13.1. The third-order valence-corrected chi connectivity index (χ3v) is 3.58. The van der Waals surface area contributed by atoms with Crippen molar-refractivity contribution in [3.8, 4) is 17.2 Å². The molecule has 0 bridgehead atoms. The fourth-order valence-electron chi connectivity index (χ4n) is 2.37. The number of nitrogens with zero attached hydrogens (tertiary/aromatic N) is 1. The van der Waals surface area contributed by atoms with E-state index in [1.54, 1.807) is 0 Å². The summed E-state index contributed by atoms with van der Waals surface area (Å²) in [6, 6.07) is 6.98. The number of halogens is 2. The van der Waals surface area contributed by atoms with Gasteiger partial charge in [-0.2, -0.15) is 0 Å². The van der Waals surface area contributed by atoms with Gasteiger partial charge in [0, 0.05) is 18.4 Å². The number of benzene rings is 2. The number of hydrogen-bond acceptors (Lipinski definition) is 5. The summed E-state index contributed by atoms with van der Waals surface area (Å²) in [6.45, 7) is 0.0120. The molecule has 1 aliphatic heterocycles. The minimum absolute atomic E-state index is 0.0120. The molecule has 0 aromatic heterocycles. The molecule has 1 N–H and O–H groups in total. The Kier molecular flexibility index (Phi) is 5.25. The lowest BCUT2D eigenvalue weighted by molar-refractivity contribution is -0.113. The monoisotopic (exact) mass is 372 g/mol.